The summed E-state index contributed by atoms with van der Waals surface area (Å²) in [4.78, 5) is 0. The van der Waals surface area contributed by atoms with E-state index in [2.05, 4.69) is 182 Å². The molecule has 4 aromatic carbocycles. The molecule has 1 aliphatic rings. The summed E-state index contributed by atoms with van der Waals surface area (Å²) in [6.45, 7) is 30.1. The van der Waals surface area contributed by atoms with Crippen LogP contribution in [0.1, 0.15) is 151 Å². The molecule has 0 amide bonds. The van der Waals surface area contributed by atoms with Crippen LogP contribution in [0.15, 0.2) is 97.1 Å². The van der Waals surface area contributed by atoms with Crippen molar-refractivity contribution < 1.29 is 0 Å². The van der Waals surface area contributed by atoms with Crippen LogP contribution >= 0.6 is 16.1 Å². The van der Waals surface area contributed by atoms with E-state index in [0.717, 1.165) is 0 Å². The van der Waals surface area contributed by atoms with Gasteiger partial charge in [0.1, 0.15) is 0 Å². The molecule has 4 aromatic rings. The van der Waals surface area contributed by atoms with E-state index < -0.39 is 48.4 Å². The maximum atomic E-state index is 3.30. The standard InChI is InChI=1S/C60H99NP2Si4/c1-13-19-46-66(47-20-14-2,48-21-15-3)55-42-38-53(39-43-55)62(54-40-44-56(45-41-54)67(49-22-16-4,50-23-17-5)51-24-18-6)61(52-32-26-25-27-33-52)63(57-34-28-30-36-59(57)64(7,8)9)58-35-29-31-37-60(58)65(10,11)12/h28-31,34-45,52H,13-27,32-33,46-51H2,1-12H3. The Balaban J connectivity index is 1.87. The highest BCUT2D eigenvalue weighted by atomic mass is 31.2. The van der Waals surface area contributed by atoms with E-state index in [1.807, 2.05) is 0 Å². The number of hydrogen-bond donors (Lipinski definition) is 0. The third kappa shape index (κ3) is 14.8. The van der Waals surface area contributed by atoms with Crippen LogP contribution in [0.3, 0.4) is 0 Å². The van der Waals surface area contributed by atoms with E-state index in [-0.39, 0.29) is 0 Å². The van der Waals surface area contributed by atoms with Gasteiger partial charge in [-0.05, 0) is 34.1 Å². The average molecular weight is 1010 g/mol. The number of benzene rings is 4. The molecule has 1 nitrogen and oxygen atoms in total. The molecule has 0 bridgehead atoms. The fraction of sp³-hybridized carbons (Fsp3) is 0.600. The van der Waals surface area contributed by atoms with Gasteiger partial charge in [0.05, 0.1) is 32.3 Å². The van der Waals surface area contributed by atoms with Crippen molar-refractivity contribution in [1.82, 2.24) is 4.44 Å². The Labute approximate surface area is 421 Å². The molecular weight excluding hydrogens is 909 g/mol. The van der Waals surface area contributed by atoms with Crippen molar-refractivity contribution in [2.45, 2.75) is 232 Å². The molecule has 1 aliphatic carbocycles. The van der Waals surface area contributed by atoms with Gasteiger partial charge in [0.2, 0.25) is 0 Å². The molecule has 0 aliphatic heterocycles. The first-order valence-corrected chi connectivity index (χ1v) is 42.9. The zero-order chi connectivity index (χ0) is 48.5. The topological polar surface area (TPSA) is 3.24 Å². The monoisotopic (exact) mass is 1010 g/mol. The maximum absolute atomic E-state index is 3.30. The van der Waals surface area contributed by atoms with Crippen LogP contribution < -0.4 is 42.0 Å². The van der Waals surface area contributed by atoms with Gasteiger partial charge in [0, 0.05) is 22.2 Å². The lowest BCUT2D eigenvalue weighted by molar-refractivity contribution is 0.355. The fourth-order valence-electron chi connectivity index (χ4n) is 11.7. The van der Waals surface area contributed by atoms with Crippen molar-refractivity contribution in [2.24, 2.45) is 0 Å². The van der Waals surface area contributed by atoms with Crippen LogP contribution in [-0.2, 0) is 0 Å². The van der Waals surface area contributed by atoms with Gasteiger partial charge in [0.15, 0.2) is 0 Å². The van der Waals surface area contributed by atoms with Gasteiger partial charge < -0.3 is 0 Å². The van der Waals surface area contributed by atoms with Gasteiger partial charge in [-0.1, -0.05) is 331 Å². The van der Waals surface area contributed by atoms with Crippen LogP contribution in [0, 0.1) is 0 Å². The molecule has 1 fully saturated rings. The van der Waals surface area contributed by atoms with Crippen molar-refractivity contribution in [3.63, 3.8) is 0 Å². The first kappa shape index (κ1) is 56.5. The highest BCUT2D eigenvalue weighted by molar-refractivity contribution is 7.85. The van der Waals surface area contributed by atoms with E-state index in [9.17, 15) is 0 Å². The summed E-state index contributed by atoms with van der Waals surface area (Å²) in [5.41, 5.74) is 0. The third-order valence-corrected chi connectivity index (χ3v) is 37.0. The number of nitrogens with zero attached hydrogens (tertiary/aromatic N) is 1. The van der Waals surface area contributed by atoms with Crippen molar-refractivity contribution in [3.8, 4) is 0 Å². The van der Waals surface area contributed by atoms with E-state index in [4.69, 9.17) is 0 Å². The Morgan fingerprint density at radius 3 is 1.01 bits per heavy atom. The summed E-state index contributed by atoms with van der Waals surface area (Å²) in [6, 6.07) is 51.0. The van der Waals surface area contributed by atoms with Gasteiger partial charge in [-0.3, -0.25) is 0 Å². The van der Waals surface area contributed by atoms with Crippen molar-refractivity contribution in [2.75, 3.05) is 0 Å². The highest BCUT2D eigenvalue weighted by Crippen LogP contribution is 2.58. The molecule has 7 heteroatoms. The van der Waals surface area contributed by atoms with Crippen molar-refractivity contribution in [1.29, 1.82) is 0 Å². The highest BCUT2D eigenvalue weighted by Gasteiger charge is 2.42. The van der Waals surface area contributed by atoms with Gasteiger partial charge >= 0.3 is 0 Å². The normalized spacial score (nSPS) is 14.5. The molecule has 67 heavy (non-hydrogen) atoms. The first-order chi connectivity index (χ1) is 32.2. The minimum absolute atomic E-state index is 0.550. The lowest BCUT2D eigenvalue weighted by Crippen LogP contribution is -2.53. The molecule has 0 atom stereocenters. The molecule has 0 aromatic heterocycles. The van der Waals surface area contributed by atoms with E-state index >= 15 is 0 Å². The summed E-state index contributed by atoms with van der Waals surface area (Å²) in [6.07, 6.45) is 22.8. The van der Waals surface area contributed by atoms with E-state index in [0.29, 0.717) is 6.04 Å². The first-order valence-electron chi connectivity index (χ1n) is 28.0. The van der Waals surface area contributed by atoms with Gasteiger partial charge in [0.25, 0.3) is 0 Å². The Kier molecular flexibility index (Phi) is 23.1. The Bertz CT molecular complexity index is 1840. The average Bonchev–Trinajstić information content (AvgIpc) is 3.34. The number of unbranched alkanes of at least 4 members (excludes halogenated alkanes) is 6. The van der Waals surface area contributed by atoms with Crippen LogP contribution in [0.2, 0.25) is 75.5 Å². The quantitative estimate of drug-likeness (QED) is 0.0387. The second kappa shape index (κ2) is 27.4. The minimum Gasteiger partial charge on any atom is -0.242 e. The number of hydrogen-bond acceptors (Lipinski definition) is 1. The smallest absolute Gasteiger partial charge is 0.0867 e. The molecule has 0 saturated heterocycles. The van der Waals surface area contributed by atoms with E-state index in [1.165, 1.54) is 145 Å². The Morgan fingerprint density at radius 1 is 0.403 bits per heavy atom. The van der Waals surface area contributed by atoms with Gasteiger partial charge in [-0.25, -0.2) is 4.44 Å². The van der Waals surface area contributed by atoms with E-state index in [1.54, 1.807) is 42.0 Å². The summed E-state index contributed by atoms with van der Waals surface area (Å²) in [7, 11) is -8.51. The lowest BCUT2D eigenvalue weighted by Gasteiger charge is -2.47. The fourth-order valence-corrected chi connectivity index (χ4v) is 34.8. The zero-order valence-electron chi connectivity index (χ0n) is 45.4. The predicted molar refractivity (Wildman–Crippen MR) is 322 cm³/mol. The van der Waals surface area contributed by atoms with Crippen LogP contribution in [0.25, 0.3) is 0 Å². The summed E-state index contributed by atoms with van der Waals surface area (Å²) in [5, 5.41) is 13.4. The largest absolute Gasteiger partial charge is 0.242 e. The lowest BCUT2D eigenvalue weighted by atomic mass is 9.96. The molecule has 0 heterocycles. The van der Waals surface area contributed by atoms with Crippen molar-refractivity contribution in [3.05, 3.63) is 97.1 Å². The second-order valence-corrected chi connectivity index (χ2v) is 46.8. The Morgan fingerprint density at radius 2 is 0.716 bits per heavy atom. The van der Waals surface area contributed by atoms with Crippen LogP contribution in [-0.4, -0.2) is 42.8 Å². The Hall–Kier alpha value is -1.43. The third-order valence-electron chi connectivity index (χ3n) is 15.7. The molecular formula is C60H99NP2Si4. The molecule has 370 valence electrons. The molecule has 1 saturated carbocycles. The van der Waals surface area contributed by atoms with Crippen molar-refractivity contribution >= 4 is 90.4 Å². The zero-order valence-corrected chi connectivity index (χ0v) is 51.2. The van der Waals surface area contributed by atoms with Gasteiger partial charge in [-0.2, -0.15) is 0 Å². The predicted octanol–water partition coefficient (Wildman–Crippen LogP) is 15.9. The SMILES string of the molecule is CCCC[Si](CCCC)(CCCC)c1ccc(P(c2ccc([Si](CCCC)(CCCC)CCCC)cc2)N(C2CCCCC2)P(c2ccccc2[Si](C)(C)C)c2ccccc2[Si](C)(C)C)cc1. The second-order valence-electron chi connectivity index (χ2n) is 23.0. The molecule has 5 rings (SSSR count). The van der Waals surface area contributed by atoms with Crippen LogP contribution in [0.5, 0.6) is 0 Å². The van der Waals surface area contributed by atoms with Gasteiger partial charge in [-0.15, -0.1) is 0 Å². The molecule has 0 N–H and O–H groups in total. The van der Waals surface area contributed by atoms with Crippen LogP contribution in [0.4, 0.5) is 0 Å². The summed E-state index contributed by atoms with van der Waals surface area (Å²) in [5.74, 6) is 0. The molecule has 0 radical (unpaired) electrons. The molecule has 0 spiro atoms. The summed E-state index contributed by atoms with van der Waals surface area (Å²) >= 11 is 0. The number of rotatable bonds is 29. The maximum Gasteiger partial charge on any atom is 0.0867 e. The summed E-state index contributed by atoms with van der Waals surface area (Å²) < 4.78 is 3.30. The molecule has 0 unspecified atom stereocenters. The minimum atomic E-state index is -1.73.